The first-order chi connectivity index (χ1) is 14.7. The fourth-order valence-corrected chi connectivity index (χ4v) is 6.03. The summed E-state index contributed by atoms with van der Waals surface area (Å²) in [6.07, 6.45) is 6.92. The molecule has 2 heterocycles. The molecule has 2 atom stereocenters. The second-order valence-electron chi connectivity index (χ2n) is 9.00. The van der Waals surface area contributed by atoms with Crippen molar-refractivity contribution in [1.29, 1.82) is 0 Å². The first kappa shape index (κ1) is 19.9. The average Bonchev–Trinajstić information content (AvgIpc) is 3.11. The number of likely N-dealkylation sites (tertiary alicyclic amines) is 1. The molecular weight excluding hydrogens is 394 g/mol. The van der Waals surface area contributed by atoms with E-state index in [0.717, 1.165) is 36.6 Å². The van der Waals surface area contributed by atoms with Crippen molar-refractivity contribution in [3.05, 3.63) is 65.2 Å². The zero-order valence-corrected chi connectivity index (χ0v) is 18.2. The van der Waals surface area contributed by atoms with Crippen LogP contribution in [0.4, 0.5) is 5.69 Å². The van der Waals surface area contributed by atoms with Crippen LogP contribution in [0, 0.1) is 0 Å². The van der Waals surface area contributed by atoms with Gasteiger partial charge in [0.15, 0.2) is 0 Å². The van der Waals surface area contributed by atoms with E-state index in [0.29, 0.717) is 18.6 Å². The molecule has 30 heavy (non-hydrogen) atoms. The van der Waals surface area contributed by atoms with Gasteiger partial charge in [0.25, 0.3) is 0 Å². The van der Waals surface area contributed by atoms with E-state index >= 15 is 0 Å². The van der Waals surface area contributed by atoms with Gasteiger partial charge in [0.2, 0.25) is 5.91 Å². The standard InChI is InChI=1S/C25H30ClN3O/c26-20-10-12-21(13-11-20)29-18-27-24(30)25(29)14-16-28(17-15-25)23-9-5-4-8-22(23)19-6-2-1-3-7-19/h1-3,6-7,10-13,22-23H,4-5,8-9,14-18H2,(H,27,30). The van der Waals surface area contributed by atoms with E-state index in [2.05, 4.69) is 45.4 Å². The van der Waals surface area contributed by atoms with Crippen LogP contribution in [0.5, 0.6) is 0 Å². The van der Waals surface area contributed by atoms with Crippen molar-refractivity contribution in [1.82, 2.24) is 10.2 Å². The van der Waals surface area contributed by atoms with Crippen LogP contribution in [-0.4, -0.2) is 42.1 Å². The average molecular weight is 424 g/mol. The maximum absolute atomic E-state index is 13.0. The molecule has 0 aromatic heterocycles. The lowest BCUT2D eigenvalue weighted by molar-refractivity contribution is -0.125. The second kappa shape index (κ2) is 8.24. The third-order valence-electron chi connectivity index (χ3n) is 7.53. The van der Waals surface area contributed by atoms with Gasteiger partial charge in [-0.1, -0.05) is 54.8 Å². The van der Waals surface area contributed by atoms with Gasteiger partial charge < -0.3 is 10.2 Å². The van der Waals surface area contributed by atoms with Crippen molar-refractivity contribution in [3.8, 4) is 0 Å². The van der Waals surface area contributed by atoms with Gasteiger partial charge in [0.05, 0.1) is 6.67 Å². The zero-order chi connectivity index (χ0) is 20.6. The Hall–Kier alpha value is -2.04. The maximum Gasteiger partial charge on any atom is 0.247 e. The van der Waals surface area contributed by atoms with Gasteiger partial charge >= 0.3 is 0 Å². The number of halogens is 1. The Kier molecular flexibility index (Phi) is 5.46. The molecule has 0 radical (unpaired) electrons. The van der Waals surface area contributed by atoms with Crippen LogP contribution in [-0.2, 0) is 4.79 Å². The zero-order valence-electron chi connectivity index (χ0n) is 17.4. The molecular formula is C25H30ClN3O. The predicted octanol–water partition coefficient (Wildman–Crippen LogP) is 4.79. The molecule has 1 spiro atoms. The molecule has 5 rings (SSSR count). The molecule has 3 aliphatic rings. The minimum Gasteiger partial charge on any atom is -0.339 e. The Labute approximate surface area is 184 Å². The molecule has 0 bridgehead atoms. The summed E-state index contributed by atoms with van der Waals surface area (Å²) < 4.78 is 0. The van der Waals surface area contributed by atoms with Gasteiger partial charge in [-0.3, -0.25) is 9.69 Å². The molecule has 1 saturated carbocycles. The monoisotopic (exact) mass is 423 g/mol. The molecule has 3 fully saturated rings. The van der Waals surface area contributed by atoms with Gasteiger partial charge in [0, 0.05) is 29.8 Å². The van der Waals surface area contributed by atoms with E-state index in [1.165, 1.54) is 31.2 Å². The molecule has 2 saturated heterocycles. The highest BCUT2D eigenvalue weighted by molar-refractivity contribution is 6.30. The lowest BCUT2D eigenvalue weighted by atomic mass is 9.77. The Morgan fingerprint density at radius 3 is 2.37 bits per heavy atom. The number of hydrogen-bond acceptors (Lipinski definition) is 3. The highest BCUT2D eigenvalue weighted by atomic mass is 35.5. The topological polar surface area (TPSA) is 35.6 Å². The number of hydrogen-bond donors (Lipinski definition) is 1. The van der Waals surface area contributed by atoms with E-state index in [1.807, 2.05) is 24.3 Å². The van der Waals surface area contributed by atoms with Gasteiger partial charge in [-0.2, -0.15) is 0 Å². The number of nitrogens with zero attached hydrogens (tertiary/aromatic N) is 2. The quantitative estimate of drug-likeness (QED) is 0.770. The molecule has 1 N–H and O–H groups in total. The van der Waals surface area contributed by atoms with E-state index in [9.17, 15) is 4.79 Å². The predicted molar refractivity (Wildman–Crippen MR) is 122 cm³/mol. The maximum atomic E-state index is 13.0. The largest absolute Gasteiger partial charge is 0.339 e. The fraction of sp³-hybridized carbons (Fsp3) is 0.480. The number of carbonyl (C=O) groups is 1. The number of piperidine rings is 1. The lowest BCUT2D eigenvalue weighted by Crippen LogP contribution is -2.58. The van der Waals surface area contributed by atoms with E-state index in [-0.39, 0.29) is 5.91 Å². The molecule has 1 amide bonds. The number of carbonyl (C=O) groups excluding carboxylic acids is 1. The highest BCUT2D eigenvalue weighted by Crippen LogP contribution is 2.41. The second-order valence-corrected chi connectivity index (χ2v) is 9.44. The van der Waals surface area contributed by atoms with E-state index in [1.54, 1.807) is 0 Å². The Morgan fingerprint density at radius 1 is 0.933 bits per heavy atom. The lowest BCUT2D eigenvalue weighted by Gasteiger charge is -2.48. The smallest absolute Gasteiger partial charge is 0.247 e. The molecule has 2 unspecified atom stereocenters. The molecule has 158 valence electrons. The molecule has 4 nitrogen and oxygen atoms in total. The summed E-state index contributed by atoms with van der Waals surface area (Å²) in [5, 5.41) is 3.83. The summed E-state index contributed by atoms with van der Waals surface area (Å²) >= 11 is 6.09. The van der Waals surface area contributed by atoms with E-state index < -0.39 is 5.54 Å². The first-order valence-electron chi connectivity index (χ1n) is 11.3. The van der Waals surface area contributed by atoms with Crippen LogP contribution >= 0.6 is 11.6 Å². The summed E-state index contributed by atoms with van der Waals surface area (Å²) in [5.74, 6) is 0.791. The van der Waals surface area contributed by atoms with Crippen molar-refractivity contribution in [3.63, 3.8) is 0 Å². The van der Waals surface area contributed by atoms with Crippen LogP contribution in [0.15, 0.2) is 54.6 Å². The van der Waals surface area contributed by atoms with Crippen LogP contribution in [0.3, 0.4) is 0 Å². The Balaban J connectivity index is 1.34. The van der Waals surface area contributed by atoms with Crippen LogP contribution in [0.1, 0.15) is 50.0 Å². The Bertz CT molecular complexity index is 877. The van der Waals surface area contributed by atoms with Gasteiger partial charge in [0.1, 0.15) is 5.54 Å². The molecule has 2 aromatic rings. The van der Waals surface area contributed by atoms with Gasteiger partial charge in [-0.15, -0.1) is 0 Å². The SMILES string of the molecule is O=C1NCN(c2ccc(Cl)cc2)C12CCN(C1CCCCC1c1ccccc1)CC2. The molecule has 2 aliphatic heterocycles. The van der Waals surface area contributed by atoms with Crippen molar-refractivity contribution in [2.45, 2.75) is 56.0 Å². The van der Waals surface area contributed by atoms with Crippen molar-refractivity contribution >= 4 is 23.2 Å². The fourth-order valence-electron chi connectivity index (χ4n) is 5.91. The summed E-state index contributed by atoms with van der Waals surface area (Å²) in [5.41, 5.74) is 2.12. The third-order valence-corrected chi connectivity index (χ3v) is 7.78. The number of benzene rings is 2. The highest BCUT2D eigenvalue weighted by Gasteiger charge is 2.51. The first-order valence-corrected chi connectivity index (χ1v) is 11.7. The van der Waals surface area contributed by atoms with Crippen molar-refractivity contribution in [2.24, 2.45) is 0 Å². The summed E-state index contributed by atoms with van der Waals surface area (Å²) in [4.78, 5) is 17.9. The van der Waals surface area contributed by atoms with Crippen LogP contribution in [0.25, 0.3) is 0 Å². The number of anilines is 1. The minimum atomic E-state index is -0.429. The van der Waals surface area contributed by atoms with Crippen LogP contribution in [0.2, 0.25) is 5.02 Å². The third kappa shape index (κ3) is 3.50. The minimum absolute atomic E-state index is 0.181. The normalized spacial score (nSPS) is 26.7. The van der Waals surface area contributed by atoms with E-state index in [4.69, 9.17) is 11.6 Å². The number of amides is 1. The molecule has 2 aromatic carbocycles. The van der Waals surface area contributed by atoms with Crippen molar-refractivity contribution in [2.75, 3.05) is 24.7 Å². The molecule has 1 aliphatic carbocycles. The summed E-state index contributed by atoms with van der Waals surface area (Å²) in [6, 6.07) is 19.5. The van der Waals surface area contributed by atoms with Crippen molar-refractivity contribution < 1.29 is 4.79 Å². The van der Waals surface area contributed by atoms with Crippen LogP contribution < -0.4 is 10.2 Å². The Morgan fingerprint density at radius 2 is 1.63 bits per heavy atom. The van der Waals surface area contributed by atoms with Gasteiger partial charge in [-0.05, 0) is 61.4 Å². The number of nitrogens with one attached hydrogen (secondary N) is 1. The number of rotatable bonds is 3. The van der Waals surface area contributed by atoms with Gasteiger partial charge in [-0.25, -0.2) is 0 Å². The molecule has 5 heteroatoms. The summed E-state index contributed by atoms with van der Waals surface area (Å²) in [7, 11) is 0. The summed E-state index contributed by atoms with van der Waals surface area (Å²) in [6.45, 7) is 2.54.